The van der Waals surface area contributed by atoms with Crippen LogP contribution in [-0.4, -0.2) is 34.6 Å². The van der Waals surface area contributed by atoms with Crippen molar-refractivity contribution in [3.63, 3.8) is 0 Å². The van der Waals surface area contributed by atoms with Crippen LogP contribution in [0.5, 0.6) is 11.5 Å². The Morgan fingerprint density at radius 3 is 2.75 bits per heavy atom. The first kappa shape index (κ1) is 18.5. The third-order valence-electron chi connectivity index (χ3n) is 2.96. The van der Waals surface area contributed by atoms with Crippen LogP contribution in [0.15, 0.2) is 28.6 Å². The van der Waals surface area contributed by atoms with Gasteiger partial charge in [-0.25, -0.2) is 0 Å². The number of carbonyl (C=O) groups excluding carboxylic acids is 1. The fraction of sp³-hybridized carbons (Fsp3) is 0.438. The third-order valence-corrected chi connectivity index (χ3v) is 4.88. The number of nitrogens with one attached hydrogen (secondary N) is 1. The Kier molecular flexibility index (Phi) is 6.86. The van der Waals surface area contributed by atoms with Gasteiger partial charge in [-0.1, -0.05) is 49.9 Å². The highest BCUT2D eigenvalue weighted by atomic mass is 32.2. The van der Waals surface area contributed by atoms with E-state index >= 15 is 0 Å². The first-order chi connectivity index (χ1) is 11.5. The summed E-state index contributed by atoms with van der Waals surface area (Å²) in [6.07, 6.45) is -0.0719. The Morgan fingerprint density at radius 2 is 2.08 bits per heavy atom. The second-order valence-electron chi connectivity index (χ2n) is 5.22. The quantitative estimate of drug-likeness (QED) is 0.564. The molecule has 1 heterocycles. The number of carbonyl (C=O) groups is 1. The Hall–Kier alpha value is -1.80. The molecule has 1 aromatic heterocycles. The van der Waals surface area contributed by atoms with Gasteiger partial charge in [-0.2, -0.15) is 0 Å². The van der Waals surface area contributed by atoms with E-state index in [1.807, 2.05) is 19.1 Å². The first-order valence-corrected chi connectivity index (χ1v) is 9.33. The lowest BCUT2D eigenvalue weighted by Crippen LogP contribution is -2.32. The zero-order valence-electron chi connectivity index (χ0n) is 14.1. The third kappa shape index (κ3) is 5.38. The van der Waals surface area contributed by atoms with Gasteiger partial charge in [0.25, 0.3) is 5.91 Å². The molecule has 1 amide bonds. The van der Waals surface area contributed by atoms with Crippen molar-refractivity contribution in [1.82, 2.24) is 10.2 Å². The van der Waals surface area contributed by atoms with E-state index in [1.54, 1.807) is 31.0 Å². The molecular weight excluding hydrogens is 346 g/mol. The topological polar surface area (TPSA) is 73.3 Å². The molecule has 0 aliphatic rings. The van der Waals surface area contributed by atoms with Gasteiger partial charge < -0.3 is 9.47 Å². The molecule has 0 saturated carbocycles. The van der Waals surface area contributed by atoms with E-state index in [9.17, 15) is 4.79 Å². The minimum atomic E-state index is -0.609. The van der Waals surface area contributed by atoms with Crippen LogP contribution in [0.1, 0.15) is 27.2 Å². The number of methoxy groups -OCH3 is 1. The van der Waals surface area contributed by atoms with Gasteiger partial charge in [-0.3, -0.25) is 10.1 Å². The minimum absolute atomic E-state index is 0.238. The van der Waals surface area contributed by atoms with Crippen molar-refractivity contribution in [2.45, 2.75) is 42.9 Å². The van der Waals surface area contributed by atoms with E-state index in [0.717, 1.165) is 4.34 Å². The zero-order chi connectivity index (χ0) is 17.5. The summed E-state index contributed by atoms with van der Waals surface area (Å²) >= 11 is 2.98. The van der Waals surface area contributed by atoms with Crippen LogP contribution in [0, 0.1) is 0 Å². The van der Waals surface area contributed by atoms with Crippen LogP contribution < -0.4 is 14.8 Å². The lowest BCUT2D eigenvalue weighted by atomic mass is 10.2. The summed E-state index contributed by atoms with van der Waals surface area (Å²) in [7, 11) is 1.59. The maximum absolute atomic E-state index is 12.4. The van der Waals surface area contributed by atoms with Crippen molar-refractivity contribution in [3.8, 4) is 11.5 Å². The average Bonchev–Trinajstić information content (AvgIpc) is 2.98. The highest BCUT2D eigenvalue weighted by Crippen LogP contribution is 2.28. The van der Waals surface area contributed by atoms with Crippen molar-refractivity contribution in [3.05, 3.63) is 24.3 Å². The zero-order valence-corrected chi connectivity index (χ0v) is 15.7. The van der Waals surface area contributed by atoms with Crippen molar-refractivity contribution in [2.24, 2.45) is 0 Å². The number of hydrogen-bond acceptors (Lipinski definition) is 7. The summed E-state index contributed by atoms with van der Waals surface area (Å²) in [6.45, 7) is 6.06. The number of nitrogens with zero attached hydrogens (tertiary/aromatic N) is 2. The molecule has 0 spiro atoms. The second-order valence-corrected chi connectivity index (χ2v) is 8.02. The van der Waals surface area contributed by atoms with Gasteiger partial charge in [0.15, 0.2) is 10.4 Å². The highest BCUT2D eigenvalue weighted by Gasteiger charge is 2.20. The average molecular weight is 367 g/mol. The molecule has 2 aromatic rings. The van der Waals surface area contributed by atoms with Gasteiger partial charge in [0, 0.05) is 11.3 Å². The van der Waals surface area contributed by atoms with Crippen LogP contribution in [0.25, 0.3) is 0 Å². The largest absolute Gasteiger partial charge is 0.497 e. The lowest BCUT2D eigenvalue weighted by molar-refractivity contribution is -0.122. The molecule has 0 aliphatic heterocycles. The number of rotatable bonds is 8. The monoisotopic (exact) mass is 367 g/mol. The van der Waals surface area contributed by atoms with Crippen molar-refractivity contribution >= 4 is 34.1 Å². The second kappa shape index (κ2) is 8.89. The summed E-state index contributed by atoms with van der Waals surface area (Å²) < 4.78 is 11.8. The molecule has 24 heavy (non-hydrogen) atoms. The predicted molar refractivity (Wildman–Crippen MR) is 97.2 cm³/mol. The maximum Gasteiger partial charge on any atom is 0.267 e. The van der Waals surface area contributed by atoms with Crippen LogP contribution in [0.4, 0.5) is 5.13 Å². The van der Waals surface area contributed by atoms with Gasteiger partial charge in [0.1, 0.15) is 11.5 Å². The molecule has 0 saturated heterocycles. The number of anilines is 1. The molecule has 2 rings (SSSR count). The summed E-state index contributed by atoms with van der Waals surface area (Å²) in [5.41, 5.74) is 0. The Morgan fingerprint density at radius 1 is 1.33 bits per heavy atom. The molecule has 1 N–H and O–H groups in total. The summed E-state index contributed by atoms with van der Waals surface area (Å²) in [5, 5.41) is 11.7. The number of amides is 1. The molecule has 1 atom stereocenters. The van der Waals surface area contributed by atoms with Crippen LogP contribution >= 0.6 is 23.1 Å². The summed E-state index contributed by atoms with van der Waals surface area (Å²) in [4.78, 5) is 12.4. The van der Waals surface area contributed by atoms with Gasteiger partial charge in [0.05, 0.1) is 7.11 Å². The molecule has 6 nitrogen and oxygen atoms in total. The van der Waals surface area contributed by atoms with Gasteiger partial charge in [-0.05, 0) is 18.6 Å². The molecule has 0 radical (unpaired) electrons. The Bertz CT molecular complexity index is 676. The maximum atomic E-state index is 12.4. The standard InChI is InChI=1S/C16H21N3O3S2/c1-5-13(22-12-8-6-7-11(9-12)21-4)14(20)17-15-18-19-16(24-15)23-10(2)3/h6-10,13H,5H2,1-4H3,(H,17,18,20)/t13-/m0/s1. The molecular formula is C16H21N3O3S2. The van der Waals surface area contributed by atoms with Crippen LogP contribution in [0.2, 0.25) is 0 Å². The number of benzene rings is 1. The summed E-state index contributed by atoms with van der Waals surface area (Å²) in [6, 6.07) is 7.18. The van der Waals surface area contributed by atoms with E-state index in [1.165, 1.54) is 11.3 Å². The fourth-order valence-corrected chi connectivity index (χ4v) is 3.83. The van der Waals surface area contributed by atoms with Crippen LogP contribution in [-0.2, 0) is 4.79 Å². The van der Waals surface area contributed by atoms with Crippen molar-refractivity contribution < 1.29 is 14.3 Å². The molecule has 130 valence electrons. The number of hydrogen-bond donors (Lipinski definition) is 1. The SMILES string of the molecule is CC[C@H](Oc1cccc(OC)c1)C(=O)Nc1nnc(SC(C)C)s1. The number of ether oxygens (including phenoxy) is 2. The Balaban J connectivity index is 1.99. The predicted octanol–water partition coefficient (Wildman–Crippen LogP) is 3.84. The minimum Gasteiger partial charge on any atom is -0.497 e. The summed E-state index contributed by atoms with van der Waals surface area (Å²) in [5.74, 6) is 1.03. The fourth-order valence-electron chi connectivity index (χ4n) is 1.86. The van der Waals surface area contributed by atoms with E-state index in [-0.39, 0.29) is 5.91 Å². The van der Waals surface area contributed by atoms with E-state index in [0.29, 0.717) is 28.3 Å². The lowest BCUT2D eigenvalue weighted by Gasteiger charge is -2.16. The Labute approximate surface area is 150 Å². The number of thioether (sulfide) groups is 1. The molecule has 8 heteroatoms. The van der Waals surface area contributed by atoms with Crippen LogP contribution in [0.3, 0.4) is 0 Å². The molecule has 0 fully saturated rings. The molecule has 0 bridgehead atoms. The first-order valence-electron chi connectivity index (χ1n) is 7.63. The van der Waals surface area contributed by atoms with Gasteiger partial charge in [-0.15, -0.1) is 10.2 Å². The smallest absolute Gasteiger partial charge is 0.267 e. The normalized spacial score (nSPS) is 12.0. The van der Waals surface area contributed by atoms with E-state index in [4.69, 9.17) is 9.47 Å². The van der Waals surface area contributed by atoms with Crippen molar-refractivity contribution in [2.75, 3.05) is 12.4 Å². The van der Waals surface area contributed by atoms with Gasteiger partial charge >= 0.3 is 0 Å². The van der Waals surface area contributed by atoms with Crippen molar-refractivity contribution in [1.29, 1.82) is 0 Å². The molecule has 0 aliphatic carbocycles. The van der Waals surface area contributed by atoms with E-state index in [2.05, 4.69) is 29.4 Å². The van der Waals surface area contributed by atoms with Gasteiger partial charge in [0.2, 0.25) is 5.13 Å². The van der Waals surface area contributed by atoms with E-state index < -0.39 is 6.10 Å². The molecule has 0 unspecified atom stereocenters. The number of aromatic nitrogens is 2. The molecule has 1 aromatic carbocycles. The highest BCUT2D eigenvalue weighted by molar-refractivity contribution is 8.01.